The van der Waals surface area contributed by atoms with E-state index in [4.69, 9.17) is 9.15 Å². The Kier molecular flexibility index (Phi) is 4.20. The minimum absolute atomic E-state index is 0.0440. The number of hydrogen-bond donors (Lipinski definition) is 1. The molecule has 1 amide bonds. The molecule has 0 radical (unpaired) electrons. The van der Waals surface area contributed by atoms with Gasteiger partial charge in [0.1, 0.15) is 12.4 Å². The van der Waals surface area contributed by atoms with Gasteiger partial charge in [0, 0.05) is 18.6 Å². The Morgan fingerprint density at radius 1 is 1.65 bits per heavy atom. The minimum atomic E-state index is -0.0440. The van der Waals surface area contributed by atoms with Crippen molar-refractivity contribution in [3.05, 3.63) is 23.7 Å². The summed E-state index contributed by atoms with van der Waals surface area (Å²) in [5.41, 5.74) is 1.13. The maximum Gasteiger partial charge on any atom is 0.246 e. The average Bonchev–Trinajstić information content (AvgIpc) is 2.78. The van der Waals surface area contributed by atoms with Gasteiger partial charge in [-0.15, -0.1) is 0 Å². The molecule has 2 rings (SSSR count). The molecular weight excluding hydrogens is 218 g/mol. The highest BCUT2D eigenvalue weighted by Crippen LogP contribution is 2.30. The first-order chi connectivity index (χ1) is 8.31. The van der Waals surface area contributed by atoms with E-state index in [2.05, 4.69) is 5.32 Å². The monoisotopic (exact) mass is 237 g/mol. The van der Waals surface area contributed by atoms with E-state index in [1.807, 2.05) is 13.0 Å². The van der Waals surface area contributed by atoms with E-state index in [0.29, 0.717) is 6.61 Å². The van der Waals surface area contributed by atoms with E-state index in [1.54, 1.807) is 6.26 Å². The maximum atomic E-state index is 11.7. The van der Waals surface area contributed by atoms with Crippen molar-refractivity contribution >= 4 is 5.91 Å². The summed E-state index contributed by atoms with van der Waals surface area (Å²) in [6.45, 7) is 2.81. The van der Waals surface area contributed by atoms with Gasteiger partial charge in [0.2, 0.25) is 5.91 Å². The molecule has 0 fully saturated rings. The third kappa shape index (κ3) is 3.09. The number of aryl methyl sites for hydroxylation is 1. The van der Waals surface area contributed by atoms with Crippen molar-refractivity contribution in [2.75, 3.05) is 13.2 Å². The fourth-order valence-corrected chi connectivity index (χ4v) is 2.18. The van der Waals surface area contributed by atoms with E-state index in [0.717, 1.165) is 37.0 Å². The minimum Gasteiger partial charge on any atom is -0.469 e. The van der Waals surface area contributed by atoms with Gasteiger partial charge in [-0.2, -0.15) is 0 Å². The van der Waals surface area contributed by atoms with E-state index in [-0.39, 0.29) is 18.6 Å². The van der Waals surface area contributed by atoms with Gasteiger partial charge in [-0.1, -0.05) is 6.92 Å². The summed E-state index contributed by atoms with van der Waals surface area (Å²) in [6.07, 6.45) is 5.64. The Labute approximate surface area is 101 Å². The van der Waals surface area contributed by atoms with E-state index < -0.39 is 0 Å². The Bertz CT molecular complexity index is 372. The first-order valence-corrected chi connectivity index (χ1v) is 6.24. The number of carbonyl (C=O) groups is 1. The van der Waals surface area contributed by atoms with Crippen molar-refractivity contribution in [1.82, 2.24) is 5.32 Å². The third-order valence-corrected chi connectivity index (χ3v) is 2.97. The molecule has 0 bridgehead atoms. The normalized spacial score (nSPS) is 18.8. The maximum absolute atomic E-state index is 11.7. The van der Waals surface area contributed by atoms with Crippen molar-refractivity contribution in [2.24, 2.45) is 0 Å². The number of furan rings is 1. The highest BCUT2D eigenvalue weighted by atomic mass is 16.5. The molecule has 0 saturated carbocycles. The lowest BCUT2D eigenvalue weighted by Gasteiger charge is -2.22. The zero-order valence-electron chi connectivity index (χ0n) is 10.2. The summed E-state index contributed by atoms with van der Waals surface area (Å²) in [5.74, 6) is 0.966. The fourth-order valence-electron chi connectivity index (χ4n) is 2.18. The largest absolute Gasteiger partial charge is 0.469 e. The molecule has 17 heavy (non-hydrogen) atoms. The molecule has 1 heterocycles. The number of nitrogens with one attached hydrogen (secondary N) is 1. The molecule has 1 atom stereocenters. The number of rotatable bonds is 5. The highest BCUT2D eigenvalue weighted by Gasteiger charge is 2.23. The second-order valence-corrected chi connectivity index (χ2v) is 4.36. The van der Waals surface area contributed by atoms with E-state index in [9.17, 15) is 4.79 Å². The standard InChI is InChI=1S/C13H19NO3/c1-2-7-16-9-13(15)14-11-4-3-5-12-10(11)6-8-17-12/h6,8,11H,2-5,7,9H2,1H3,(H,14,15). The van der Waals surface area contributed by atoms with Crippen molar-refractivity contribution in [3.8, 4) is 0 Å². The first-order valence-electron chi connectivity index (χ1n) is 6.24. The quantitative estimate of drug-likeness (QED) is 0.799. The molecule has 1 aromatic rings. The predicted molar refractivity (Wildman–Crippen MR) is 63.6 cm³/mol. The smallest absolute Gasteiger partial charge is 0.246 e. The lowest BCUT2D eigenvalue weighted by molar-refractivity contribution is -0.126. The summed E-state index contributed by atoms with van der Waals surface area (Å²) >= 11 is 0. The second kappa shape index (κ2) is 5.87. The average molecular weight is 237 g/mol. The Morgan fingerprint density at radius 2 is 2.53 bits per heavy atom. The van der Waals surface area contributed by atoms with Gasteiger partial charge in [-0.25, -0.2) is 0 Å². The molecule has 1 aliphatic rings. The Hall–Kier alpha value is -1.29. The van der Waals surface area contributed by atoms with Gasteiger partial charge >= 0.3 is 0 Å². The van der Waals surface area contributed by atoms with Gasteiger partial charge < -0.3 is 14.5 Å². The van der Waals surface area contributed by atoms with Crippen molar-refractivity contribution in [3.63, 3.8) is 0 Å². The molecule has 1 N–H and O–H groups in total. The molecule has 0 aromatic carbocycles. The molecule has 1 aliphatic carbocycles. The highest BCUT2D eigenvalue weighted by molar-refractivity contribution is 5.77. The van der Waals surface area contributed by atoms with Crippen LogP contribution in [0.1, 0.15) is 43.6 Å². The Morgan fingerprint density at radius 3 is 3.35 bits per heavy atom. The van der Waals surface area contributed by atoms with Crippen LogP contribution in [0.15, 0.2) is 16.7 Å². The zero-order valence-corrected chi connectivity index (χ0v) is 10.2. The lowest BCUT2D eigenvalue weighted by Crippen LogP contribution is -2.33. The summed E-state index contributed by atoms with van der Waals surface area (Å²) in [6, 6.07) is 2.04. The van der Waals surface area contributed by atoms with Crippen LogP contribution in [0, 0.1) is 0 Å². The zero-order chi connectivity index (χ0) is 12.1. The van der Waals surface area contributed by atoms with Crippen LogP contribution in [0.4, 0.5) is 0 Å². The van der Waals surface area contributed by atoms with E-state index in [1.165, 1.54) is 0 Å². The molecule has 1 unspecified atom stereocenters. The second-order valence-electron chi connectivity index (χ2n) is 4.36. The number of ether oxygens (including phenoxy) is 1. The van der Waals surface area contributed by atoms with Crippen LogP contribution < -0.4 is 5.32 Å². The number of carbonyl (C=O) groups excluding carboxylic acids is 1. The summed E-state index contributed by atoms with van der Waals surface area (Å²) in [5, 5.41) is 3.00. The third-order valence-electron chi connectivity index (χ3n) is 2.97. The molecular formula is C13H19NO3. The fraction of sp³-hybridized carbons (Fsp3) is 0.615. The number of amides is 1. The van der Waals surface area contributed by atoms with Gasteiger partial charge in [-0.05, 0) is 25.3 Å². The Balaban J connectivity index is 1.86. The lowest BCUT2D eigenvalue weighted by atomic mass is 9.93. The van der Waals surface area contributed by atoms with Gasteiger partial charge in [0.05, 0.1) is 12.3 Å². The van der Waals surface area contributed by atoms with Crippen LogP contribution in [-0.4, -0.2) is 19.1 Å². The topological polar surface area (TPSA) is 51.5 Å². The summed E-state index contributed by atoms with van der Waals surface area (Å²) in [7, 11) is 0. The van der Waals surface area contributed by atoms with Gasteiger partial charge in [0.25, 0.3) is 0 Å². The molecule has 0 spiro atoms. The van der Waals surface area contributed by atoms with Crippen molar-refractivity contribution in [2.45, 2.75) is 38.6 Å². The SMILES string of the molecule is CCCOCC(=O)NC1CCCc2occc21. The molecule has 4 heteroatoms. The predicted octanol–water partition coefficient (Wildman–Crippen LogP) is 2.20. The molecule has 0 saturated heterocycles. The number of fused-ring (bicyclic) bond motifs is 1. The first kappa shape index (κ1) is 12.2. The summed E-state index contributed by atoms with van der Waals surface area (Å²) < 4.78 is 10.6. The van der Waals surface area contributed by atoms with Crippen LogP contribution >= 0.6 is 0 Å². The molecule has 1 aromatic heterocycles. The van der Waals surface area contributed by atoms with Crippen LogP contribution in [0.3, 0.4) is 0 Å². The molecule has 4 nitrogen and oxygen atoms in total. The molecule has 94 valence electrons. The summed E-state index contributed by atoms with van der Waals surface area (Å²) in [4.78, 5) is 11.7. The van der Waals surface area contributed by atoms with E-state index >= 15 is 0 Å². The number of hydrogen-bond acceptors (Lipinski definition) is 3. The van der Waals surface area contributed by atoms with Crippen LogP contribution in [0.5, 0.6) is 0 Å². The van der Waals surface area contributed by atoms with Crippen molar-refractivity contribution < 1.29 is 13.9 Å². The van der Waals surface area contributed by atoms with Crippen molar-refractivity contribution in [1.29, 1.82) is 0 Å². The van der Waals surface area contributed by atoms with Gasteiger partial charge in [0.15, 0.2) is 0 Å². The molecule has 0 aliphatic heterocycles. The van der Waals surface area contributed by atoms with Crippen LogP contribution in [0.25, 0.3) is 0 Å². The van der Waals surface area contributed by atoms with Crippen LogP contribution in [-0.2, 0) is 16.0 Å². The van der Waals surface area contributed by atoms with Gasteiger partial charge in [-0.3, -0.25) is 4.79 Å². The van der Waals surface area contributed by atoms with Crippen LogP contribution in [0.2, 0.25) is 0 Å².